The number of halogens is 3. The second kappa shape index (κ2) is 11.0. The van der Waals surface area contributed by atoms with Gasteiger partial charge in [0.1, 0.15) is 5.69 Å². The highest BCUT2D eigenvalue weighted by atomic mass is 19.4. The Morgan fingerprint density at radius 3 is 2.39 bits per heavy atom. The third-order valence-electron chi connectivity index (χ3n) is 7.64. The standard InChI is InChI=1S/C29H33F3N8O/c1-18(2)38-8-10-39(11-9-38)24-14-22(29(30,31)32)13-23(15-24)34-28(41)21-7-6-19(3)27(12-21)40-17-26(35-36-40)25-16-33-37(5)20(25)4/h6-7,12-18H,8-11H2,1-5H3,(H,34,41). The van der Waals surface area contributed by atoms with E-state index in [4.69, 9.17) is 0 Å². The van der Waals surface area contributed by atoms with E-state index in [1.54, 1.807) is 46.0 Å². The Hall–Kier alpha value is -4.19. The molecule has 0 saturated carbocycles. The number of anilines is 2. The molecule has 2 aromatic heterocycles. The van der Waals surface area contributed by atoms with Crippen molar-refractivity contribution < 1.29 is 18.0 Å². The molecule has 1 aliphatic rings. The van der Waals surface area contributed by atoms with Gasteiger partial charge in [-0.3, -0.25) is 14.4 Å². The molecule has 41 heavy (non-hydrogen) atoms. The lowest BCUT2D eigenvalue weighted by molar-refractivity contribution is -0.137. The fraction of sp³-hybridized carbons (Fsp3) is 0.379. The lowest BCUT2D eigenvalue weighted by atomic mass is 10.1. The number of aromatic nitrogens is 5. The first kappa shape index (κ1) is 28.3. The Kier molecular flexibility index (Phi) is 7.60. The van der Waals surface area contributed by atoms with E-state index in [9.17, 15) is 18.0 Å². The number of hydrogen-bond donors (Lipinski definition) is 1. The van der Waals surface area contributed by atoms with Gasteiger partial charge in [0, 0.05) is 67.5 Å². The van der Waals surface area contributed by atoms with E-state index < -0.39 is 17.6 Å². The monoisotopic (exact) mass is 566 g/mol. The number of nitrogens with one attached hydrogen (secondary N) is 1. The molecule has 1 aliphatic heterocycles. The third-order valence-corrected chi connectivity index (χ3v) is 7.64. The number of amides is 1. The van der Waals surface area contributed by atoms with Gasteiger partial charge in [-0.15, -0.1) is 5.10 Å². The lowest BCUT2D eigenvalue weighted by Gasteiger charge is -2.38. The maximum absolute atomic E-state index is 13.8. The van der Waals surface area contributed by atoms with Crippen molar-refractivity contribution in [2.24, 2.45) is 7.05 Å². The zero-order valence-electron chi connectivity index (χ0n) is 23.7. The van der Waals surface area contributed by atoms with Crippen LogP contribution in [-0.4, -0.2) is 67.8 Å². The van der Waals surface area contributed by atoms with Crippen LogP contribution in [0.5, 0.6) is 0 Å². The van der Waals surface area contributed by atoms with Gasteiger partial charge in [-0.05, 0) is 63.6 Å². The van der Waals surface area contributed by atoms with Crippen molar-refractivity contribution >= 4 is 17.3 Å². The smallest absolute Gasteiger partial charge is 0.369 e. The topological polar surface area (TPSA) is 84.1 Å². The molecule has 0 bridgehead atoms. The molecule has 0 aliphatic carbocycles. The Balaban J connectivity index is 1.40. The van der Waals surface area contributed by atoms with Gasteiger partial charge in [0.25, 0.3) is 5.91 Å². The predicted octanol–water partition coefficient (Wildman–Crippen LogP) is 5.09. The summed E-state index contributed by atoms with van der Waals surface area (Å²) in [5.41, 5.74) is 3.89. The van der Waals surface area contributed by atoms with Crippen molar-refractivity contribution in [1.82, 2.24) is 29.7 Å². The maximum atomic E-state index is 13.8. The third kappa shape index (κ3) is 5.97. The highest BCUT2D eigenvalue weighted by Gasteiger charge is 2.32. The molecule has 5 rings (SSSR count). The first-order valence-corrected chi connectivity index (χ1v) is 13.5. The van der Waals surface area contributed by atoms with E-state index in [1.807, 2.05) is 25.8 Å². The molecule has 0 radical (unpaired) electrons. The SMILES string of the molecule is Cc1ccc(C(=O)Nc2cc(N3CCN(C(C)C)CC3)cc(C(F)(F)F)c2)cc1-n1cc(-c2cnn(C)c2C)nn1. The summed E-state index contributed by atoms with van der Waals surface area (Å²) in [5.74, 6) is -0.524. The van der Waals surface area contributed by atoms with Gasteiger partial charge in [0.15, 0.2) is 0 Å². The molecular formula is C29H33F3N8O. The summed E-state index contributed by atoms with van der Waals surface area (Å²) in [6.07, 6.45) is -1.08. The van der Waals surface area contributed by atoms with E-state index in [0.717, 1.165) is 42.0 Å². The summed E-state index contributed by atoms with van der Waals surface area (Å²) in [4.78, 5) is 17.5. The van der Waals surface area contributed by atoms with Crippen LogP contribution in [0, 0.1) is 13.8 Å². The Morgan fingerprint density at radius 1 is 1.02 bits per heavy atom. The normalized spacial score (nSPS) is 14.6. The van der Waals surface area contributed by atoms with Gasteiger partial charge in [0.2, 0.25) is 0 Å². The van der Waals surface area contributed by atoms with E-state index >= 15 is 0 Å². The Bertz CT molecular complexity index is 1560. The molecule has 1 saturated heterocycles. The number of benzene rings is 2. The number of carbonyl (C=O) groups excluding carboxylic acids is 1. The largest absolute Gasteiger partial charge is 0.416 e. The first-order valence-electron chi connectivity index (χ1n) is 13.5. The summed E-state index contributed by atoms with van der Waals surface area (Å²) < 4.78 is 44.8. The zero-order chi connectivity index (χ0) is 29.5. The average Bonchev–Trinajstić information content (AvgIpc) is 3.54. The van der Waals surface area contributed by atoms with Crippen LogP contribution in [0.15, 0.2) is 48.8 Å². The van der Waals surface area contributed by atoms with E-state index in [-0.39, 0.29) is 11.3 Å². The molecule has 3 heterocycles. The maximum Gasteiger partial charge on any atom is 0.416 e. The molecule has 1 fully saturated rings. The summed E-state index contributed by atoms with van der Waals surface area (Å²) in [5, 5.41) is 15.4. The lowest BCUT2D eigenvalue weighted by Crippen LogP contribution is -2.49. The highest BCUT2D eigenvalue weighted by molar-refractivity contribution is 6.05. The number of piperazine rings is 1. The number of carbonyl (C=O) groups is 1. The van der Waals surface area contributed by atoms with Crippen LogP contribution in [0.25, 0.3) is 16.9 Å². The predicted molar refractivity (Wildman–Crippen MR) is 151 cm³/mol. The minimum atomic E-state index is -4.55. The minimum Gasteiger partial charge on any atom is -0.369 e. The van der Waals surface area contributed by atoms with Gasteiger partial charge in [0.05, 0.1) is 23.6 Å². The molecule has 12 heteroatoms. The molecule has 216 valence electrons. The summed E-state index contributed by atoms with van der Waals surface area (Å²) >= 11 is 0. The first-order chi connectivity index (χ1) is 19.4. The molecule has 1 N–H and O–H groups in total. The van der Waals surface area contributed by atoms with Crippen molar-refractivity contribution in [3.05, 3.63) is 71.2 Å². The Labute approximate surface area is 236 Å². The number of alkyl halides is 3. The molecule has 9 nitrogen and oxygen atoms in total. The highest BCUT2D eigenvalue weighted by Crippen LogP contribution is 2.35. The molecule has 0 spiro atoms. The van der Waals surface area contributed by atoms with Crippen LogP contribution in [0.4, 0.5) is 24.5 Å². The Morgan fingerprint density at radius 2 is 1.76 bits per heavy atom. The van der Waals surface area contributed by atoms with Crippen molar-refractivity contribution in [2.75, 3.05) is 36.4 Å². The summed E-state index contributed by atoms with van der Waals surface area (Å²) in [6, 6.07) is 9.16. The number of hydrogen-bond acceptors (Lipinski definition) is 6. The zero-order valence-corrected chi connectivity index (χ0v) is 23.7. The fourth-order valence-corrected chi connectivity index (χ4v) is 4.98. The summed E-state index contributed by atoms with van der Waals surface area (Å²) in [7, 11) is 1.84. The molecule has 1 amide bonds. The molecule has 0 atom stereocenters. The molecule has 4 aromatic rings. The molecular weight excluding hydrogens is 533 g/mol. The fourth-order valence-electron chi connectivity index (χ4n) is 4.98. The van der Waals surface area contributed by atoms with Crippen LogP contribution in [0.3, 0.4) is 0 Å². The van der Waals surface area contributed by atoms with Gasteiger partial charge in [-0.1, -0.05) is 11.3 Å². The molecule has 2 aromatic carbocycles. The average molecular weight is 567 g/mol. The van der Waals surface area contributed by atoms with Crippen molar-refractivity contribution in [1.29, 1.82) is 0 Å². The van der Waals surface area contributed by atoms with Gasteiger partial charge >= 0.3 is 6.18 Å². The van der Waals surface area contributed by atoms with Crippen molar-refractivity contribution in [3.63, 3.8) is 0 Å². The number of nitrogens with zero attached hydrogens (tertiary/aromatic N) is 7. The van der Waals surface area contributed by atoms with Gasteiger partial charge in [-0.2, -0.15) is 18.3 Å². The minimum absolute atomic E-state index is 0.0864. The summed E-state index contributed by atoms with van der Waals surface area (Å²) in [6.45, 7) is 10.7. The second-order valence-electron chi connectivity index (χ2n) is 10.7. The molecule has 0 unspecified atom stereocenters. The van der Waals surface area contributed by atoms with E-state index in [2.05, 4.69) is 39.5 Å². The van der Waals surface area contributed by atoms with Crippen LogP contribution in [0.1, 0.15) is 41.0 Å². The van der Waals surface area contributed by atoms with Gasteiger partial charge < -0.3 is 10.2 Å². The van der Waals surface area contributed by atoms with E-state index in [1.165, 1.54) is 0 Å². The van der Waals surface area contributed by atoms with Crippen LogP contribution >= 0.6 is 0 Å². The number of aryl methyl sites for hydroxylation is 2. The van der Waals surface area contributed by atoms with Crippen LogP contribution in [0.2, 0.25) is 0 Å². The van der Waals surface area contributed by atoms with Crippen LogP contribution in [-0.2, 0) is 13.2 Å². The van der Waals surface area contributed by atoms with Crippen LogP contribution < -0.4 is 10.2 Å². The quantitative estimate of drug-likeness (QED) is 0.350. The van der Waals surface area contributed by atoms with Crippen molar-refractivity contribution in [3.8, 4) is 16.9 Å². The van der Waals surface area contributed by atoms with Gasteiger partial charge in [-0.25, -0.2) is 4.68 Å². The van der Waals surface area contributed by atoms with E-state index in [0.29, 0.717) is 36.2 Å². The van der Waals surface area contributed by atoms with Crippen molar-refractivity contribution in [2.45, 2.75) is 39.9 Å². The second-order valence-corrected chi connectivity index (χ2v) is 10.7. The number of rotatable bonds is 6.